The molecular weight excluding hydrogens is 366 g/mol. The Morgan fingerprint density at radius 1 is 1.10 bits per heavy atom. The van der Waals surface area contributed by atoms with Gasteiger partial charge >= 0.3 is 5.97 Å². The van der Waals surface area contributed by atoms with Crippen LogP contribution in [0.25, 0.3) is 0 Å². The van der Waals surface area contributed by atoms with Gasteiger partial charge in [-0.15, -0.1) is 0 Å². The van der Waals surface area contributed by atoms with E-state index in [1.165, 1.54) is 5.56 Å². The molecule has 3 rings (SSSR count). The van der Waals surface area contributed by atoms with E-state index in [1.807, 2.05) is 25.1 Å². The number of Topliss-reactive ketones (excluding diaryl/α,β-unsaturated/α-hetero) is 1. The first-order valence-electron chi connectivity index (χ1n) is 10.9. The first-order chi connectivity index (χ1) is 13.8. The summed E-state index contributed by atoms with van der Waals surface area (Å²) in [5.74, 6) is -1.12. The highest BCUT2D eigenvalue weighted by Gasteiger charge is 2.54. The summed E-state index contributed by atoms with van der Waals surface area (Å²) in [6, 6.07) is 9.65. The summed E-state index contributed by atoms with van der Waals surface area (Å²) in [6.07, 6.45) is 5.88. The fourth-order valence-corrected chi connectivity index (χ4v) is 4.48. The normalized spacial score (nSPS) is 23.3. The Morgan fingerprint density at radius 3 is 2.52 bits per heavy atom. The predicted octanol–water partition coefficient (Wildman–Crippen LogP) is 3.94. The fourth-order valence-electron chi connectivity index (χ4n) is 4.48. The Morgan fingerprint density at radius 2 is 1.83 bits per heavy atom. The number of likely N-dealkylation sites (tertiary alicyclic amines) is 1. The zero-order chi connectivity index (χ0) is 21.0. The van der Waals surface area contributed by atoms with Crippen LogP contribution < -0.4 is 0 Å². The molecule has 2 aliphatic rings. The van der Waals surface area contributed by atoms with Crippen molar-refractivity contribution in [1.29, 1.82) is 0 Å². The highest BCUT2D eigenvalue weighted by Crippen LogP contribution is 2.43. The number of ether oxygens (including phenoxy) is 1. The minimum Gasteiger partial charge on any atom is -0.464 e. The van der Waals surface area contributed by atoms with E-state index in [2.05, 4.69) is 12.1 Å². The molecule has 1 amide bonds. The van der Waals surface area contributed by atoms with Crippen molar-refractivity contribution in [3.8, 4) is 0 Å². The zero-order valence-corrected chi connectivity index (χ0v) is 17.9. The lowest BCUT2D eigenvalue weighted by Crippen LogP contribution is -2.54. The number of rotatable bonds is 9. The van der Waals surface area contributed by atoms with Crippen LogP contribution in [0.15, 0.2) is 30.3 Å². The molecule has 2 unspecified atom stereocenters. The van der Waals surface area contributed by atoms with Crippen LogP contribution >= 0.6 is 0 Å². The minimum atomic E-state index is -0.704. The van der Waals surface area contributed by atoms with Crippen molar-refractivity contribution >= 4 is 17.7 Å². The summed E-state index contributed by atoms with van der Waals surface area (Å²) >= 11 is 0. The third-order valence-corrected chi connectivity index (χ3v) is 6.70. The molecule has 2 fully saturated rings. The molecule has 158 valence electrons. The zero-order valence-electron chi connectivity index (χ0n) is 17.9. The number of aryl methyl sites for hydroxylation is 1. The molecule has 1 aromatic carbocycles. The molecule has 0 aromatic heterocycles. The molecule has 1 saturated heterocycles. The van der Waals surface area contributed by atoms with Gasteiger partial charge in [0.2, 0.25) is 5.78 Å². The number of esters is 1. The van der Waals surface area contributed by atoms with Crippen LogP contribution in [-0.4, -0.2) is 41.3 Å². The molecule has 1 aromatic rings. The van der Waals surface area contributed by atoms with Crippen LogP contribution in [-0.2, 0) is 25.5 Å². The molecular formula is C24H33NO4. The van der Waals surface area contributed by atoms with Crippen LogP contribution in [0.2, 0.25) is 0 Å². The van der Waals surface area contributed by atoms with E-state index in [9.17, 15) is 14.4 Å². The summed E-state index contributed by atoms with van der Waals surface area (Å²) < 4.78 is 5.54. The number of hydrogen-bond donors (Lipinski definition) is 0. The summed E-state index contributed by atoms with van der Waals surface area (Å²) in [7, 11) is 0. The van der Waals surface area contributed by atoms with E-state index in [0.717, 1.165) is 38.5 Å². The van der Waals surface area contributed by atoms with E-state index in [4.69, 9.17) is 4.74 Å². The molecule has 5 heteroatoms. The maximum Gasteiger partial charge on any atom is 0.329 e. The van der Waals surface area contributed by atoms with Crippen molar-refractivity contribution in [3.63, 3.8) is 0 Å². The van der Waals surface area contributed by atoms with Gasteiger partial charge in [-0.1, -0.05) is 51.1 Å². The Hall–Kier alpha value is -2.17. The van der Waals surface area contributed by atoms with Crippen molar-refractivity contribution in [1.82, 2.24) is 4.90 Å². The molecule has 5 nitrogen and oxygen atoms in total. The van der Waals surface area contributed by atoms with Gasteiger partial charge in [-0.2, -0.15) is 0 Å². The van der Waals surface area contributed by atoms with Crippen LogP contribution in [0.3, 0.4) is 0 Å². The van der Waals surface area contributed by atoms with Crippen LogP contribution in [0, 0.1) is 11.3 Å². The van der Waals surface area contributed by atoms with Gasteiger partial charge in [-0.05, 0) is 56.4 Å². The minimum absolute atomic E-state index is 0.000244. The molecule has 0 N–H and O–H groups in total. The summed E-state index contributed by atoms with van der Waals surface area (Å²) in [5.41, 5.74) is 0.575. The third-order valence-electron chi connectivity index (χ3n) is 6.70. The second kappa shape index (κ2) is 9.10. The number of unbranched alkanes of at least 4 members (excludes halogenated alkanes) is 1. The topological polar surface area (TPSA) is 63.7 Å². The lowest BCUT2D eigenvalue weighted by Gasteiger charge is -2.35. The van der Waals surface area contributed by atoms with Crippen LogP contribution in [0.4, 0.5) is 0 Å². The van der Waals surface area contributed by atoms with E-state index >= 15 is 0 Å². The van der Waals surface area contributed by atoms with Gasteiger partial charge in [0.05, 0.1) is 6.61 Å². The molecule has 0 radical (unpaired) electrons. The number of benzene rings is 1. The number of hydrogen-bond acceptors (Lipinski definition) is 4. The molecule has 1 aliphatic carbocycles. The number of carbonyl (C=O) groups is 3. The van der Waals surface area contributed by atoms with E-state index in [1.54, 1.807) is 18.7 Å². The smallest absolute Gasteiger partial charge is 0.329 e. The largest absolute Gasteiger partial charge is 0.464 e. The van der Waals surface area contributed by atoms with Crippen LogP contribution in [0.1, 0.15) is 64.9 Å². The molecule has 1 aliphatic heterocycles. The molecule has 1 saturated carbocycles. The Labute approximate surface area is 173 Å². The van der Waals surface area contributed by atoms with Crippen molar-refractivity contribution in [2.45, 2.75) is 77.8 Å². The monoisotopic (exact) mass is 399 g/mol. The second-order valence-electron chi connectivity index (χ2n) is 9.06. The van der Waals surface area contributed by atoms with Crippen molar-refractivity contribution in [2.24, 2.45) is 11.3 Å². The standard InChI is InChI=1S/C24H33NO4/c1-4-24(2,3)21(26)22(27)25-19-14-13-18(16-19)20(25)23(28)29-15-9-8-12-17-10-6-5-7-11-17/h5-7,10-11,18-20H,4,8-9,12-16H2,1-3H3/t18?,19?,20-/m0/s1. The number of carbonyl (C=O) groups excluding carboxylic acids is 3. The molecule has 2 bridgehead atoms. The van der Waals surface area contributed by atoms with E-state index in [0.29, 0.717) is 13.0 Å². The van der Waals surface area contributed by atoms with Crippen LogP contribution in [0.5, 0.6) is 0 Å². The lowest BCUT2D eigenvalue weighted by atomic mass is 9.84. The quantitative estimate of drug-likeness (QED) is 0.358. The summed E-state index contributed by atoms with van der Waals surface area (Å²) in [6.45, 7) is 5.85. The first kappa shape index (κ1) is 21.5. The third kappa shape index (κ3) is 4.71. The molecule has 1 heterocycles. The van der Waals surface area contributed by atoms with Gasteiger partial charge in [-0.25, -0.2) is 4.79 Å². The van der Waals surface area contributed by atoms with Gasteiger partial charge in [0.15, 0.2) is 0 Å². The van der Waals surface area contributed by atoms with Crippen molar-refractivity contribution < 1.29 is 19.1 Å². The number of fused-ring (bicyclic) bond motifs is 2. The average Bonchev–Trinajstić information content (AvgIpc) is 3.34. The number of ketones is 1. The Kier molecular flexibility index (Phi) is 6.76. The lowest BCUT2D eigenvalue weighted by molar-refractivity contribution is -0.161. The predicted molar refractivity (Wildman–Crippen MR) is 111 cm³/mol. The molecule has 3 atom stereocenters. The van der Waals surface area contributed by atoms with E-state index < -0.39 is 23.1 Å². The van der Waals surface area contributed by atoms with Gasteiger partial charge in [-0.3, -0.25) is 9.59 Å². The van der Waals surface area contributed by atoms with Gasteiger partial charge < -0.3 is 9.64 Å². The van der Waals surface area contributed by atoms with Gasteiger partial charge in [0, 0.05) is 11.5 Å². The summed E-state index contributed by atoms with van der Waals surface area (Å²) in [5, 5.41) is 0. The summed E-state index contributed by atoms with van der Waals surface area (Å²) in [4.78, 5) is 40.0. The average molecular weight is 400 g/mol. The first-order valence-corrected chi connectivity index (χ1v) is 10.9. The highest BCUT2D eigenvalue weighted by molar-refractivity contribution is 6.38. The molecule has 0 spiro atoms. The number of amides is 1. The van der Waals surface area contributed by atoms with Crippen molar-refractivity contribution in [2.75, 3.05) is 6.61 Å². The maximum absolute atomic E-state index is 13.0. The molecule has 29 heavy (non-hydrogen) atoms. The SMILES string of the molecule is CCC(C)(C)C(=O)C(=O)N1C2CCC(C2)[C@H]1C(=O)OCCCCc1ccccc1. The van der Waals surface area contributed by atoms with Gasteiger partial charge in [0.25, 0.3) is 5.91 Å². The Balaban J connectivity index is 1.54. The second-order valence-corrected chi connectivity index (χ2v) is 9.06. The number of piperidine rings is 1. The fraction of sp³-hybridized carbons (Fsp3) is 0.625. The van der Waals surface area contributed by atoms with E-state index in [-0.39, 0.29) is 17.9 Å². The Bertz CT molecular complexity index is 743. The van der Waals surface area contributed by atoms with Gasteiger partial charge in [0.1, 0.15) is 6.04 Å². The van der Waals surface area contributed by atoms with Crippen molar-refractivity contribution in [3.05, 3.63) is 35.9 Å². The highest BCUT2D eigenvalue weighted by atomic mass is 16.5. The maximum atomic E-state index is 13.0. The number of nitrogens with zero attached hydrogens (tertiary/aromatic N) is 1.